The molecule has 1 fully saturated rings. The molecule has 0 radical (unpaired) electrons. The summed E-state index contributed by atoms with van der Waals surface area (Å²) in [7, 11) is 0. The SMILES string of the molecule is CC(C)C1CCCN(C2CNCc3ccccc32)CC1. The molecule has 0 bridgehead atoms. The van der Waals surface area contributed by atoms with Gasteiger partial charge in [-0.05, 0) is 55.3 Å². The van der Waals surface area contributed by atoms with Crippen molar-refractivity contribution in [2.24, 2.45) is 11.8 Å². The van der Waals surface area contributed by atoms with Gasteiger partial charge in [-0.2, -0.15) is 0 Å². The van der Waals surface area contributed by atoms with Crippen LogP contribution >= 0.6 is 0 Å². The van der Waals surface area contributed by atoms with E-state index in [9.17, 15) is 0 Å². The van der Waals surface area contributed by atoms with E-state index in [0.717, 1.165) is 24.9 Å². The Morgan fingerprint density at radius 3 is 2.85 bits per heavy atom. The van der Waals surface area contributed by atoms with Crippen molar-refractivity contribution in [3.63, 3.8) is 0 Å². The first-order valence-electron chi connectivity index (χ1n) is 8.28. The van der Waals surface area contributed by atoms with Gasteiger partial charge in [0.05, 0.1) is 0 Å². The van der Waals surface area contributed by atoms with Gasteiger partial charge in [0.25, 0.3) is 0 Å². The molecule has 0 aliphatic carbocycles. The van der Waals surface area contributed by atoms with Crippen LogP contribution in [-0.2, 0) is 6.54 Å². The second kappa shape index (κ2) is 6.28. The first-order valence-corrected chi connectivity index (χ1v) is 8.28. The van der Waals surface area contributed by atoms with Crippen molar-refractivity contribution in [2.75, 3.05) is 19.6 Å². The van der Waals surface area contributed by atoms with E-state index in [1.807, 2.05) is 0 Å². The predicted octanol–water partition coefficient (Wildman–Crippen LogP) is 3.59. The number of hydrogen-bond acceptors (Lipinski definition) is 2. The molecule has 20 heavy (non-hydrogen) atoms. The molecule has 1 aromatic rings. The van der Waals surface area contributed by atoms with E-state index >= 15 is 0 Å². The van der Waals surface area contributed by atoms with E-state index in [2.05, 4.69) is 48.3 Å². The standard InChI is InChI=1S/C18H28N2/c1-14(2)15-7-5-10-20(11-9-15)18-13-19-12-16-6-3-4-8-17(16)18/h3-4,6,8,14-15,18-19H,5,7,9-13H2,1-2H3. The number of nitrogens with one attached hydrogen (secondary N) is 1. The van der Waals surface area contributed by atoms with E-state index in [1.165, 1.54) is 37.9 Å². The molecule has 2 heterocycles. The minimum atomic E-state index is 0.589. The Kier molecular flexibility index (Phi) is 4.42. The molecule has 2 atom stereocenters. The molecule has 1 N–H and O–H groups in total. The van der Waals surface area contributed by atoms with E-state index in [-0.39, 0.29) is 0 Å². The molecule has 110 valence electrons. The van der Waals surface area contributed by atoms with Crippen molar-refractivity contribution < 1.29 is 0 Å². The van der Waals surface area contributed by atoms with E-state index in [4.69, 9.17) is 0 Å². The highest BCUT2D eigenvalue weighted by Crippen LogP contribution is 2.31. The van der Waals surface area contributed by atoms with Crippen molar-refractivity contribution in [1.29, 1.82) is 0 Å². The van der Waals surface area contributed by atoms with Crippen LogP contribution in [0.25, 0.3) is 0 Å². The molecule has 2 aliphatic heterocycles. The predicted molar refractivity (Wildman–Crippen MR) is 84.6 cm³/mol. The fraction of sp³-hybridized carbons (Fsp3) is 0.667. The van der Waals surface area contributed by atoms with Crippen molar-refractivity contribution in [3.05, 3.63) is 35.4 Å². The fourth-order valence-corrected chi connectivity index (χ4v) is 3.92. The molecule has 0 aromatic heterocycles. The summed E-state index contributed by atoms with van der Waals surface area (Å²) in [5.74, 6) is 1.76. The second-order valence-electron chi connectivity index (χ2n) is 6.82. The Bertz CT molecular complexity index is 441. The lowest BCUT2D eigenvalue weighted by Gasteiger charge is -2.35. The Labute approximate surface area is 123 Å². The van der Waals surface area contributed by atoms with Gasteiger partial charge in [-0.3, -0.25) is 4.90 Å². The highest BCUT2D eigenvalue weighted by Gasteiger charge is 2.28. The summed E-state index contributed by atoms with van der Waals surface area (Å²) in [4.78, 5) is 2.73. The number of rotatable bonds is 2. The van der Waals surface area contributed by atoms with Crippen molar-refractivity contribution in [2.45, 2.75) is 45.7 Å². The molecule has 1 saturated heterocycles. The Morgan fingerprint density at radius 2 is 2.00 bits per heavy atom. The normalized spacial score (nSPS) is 28.1. The van der Waals surface area contributed by atoms with Crippen molar-refractivity contribution >= 4 is 0 Å². The molecular formula is C18H28N2. The molecule has 2 aliphatic rings. The highest BCUT2D eigenvalue weighted by molar-refractivity contribution is 5.32. The van der Waals surface area contributed by atoms with Crippen LogP contribution in [-0.4, -0.2) is 24.5 Å². The van der Waals surface area contributed by atoms with Gasteiger partial charge >= 0.3 is 0 Å². The number of likely N-dealkylation sites (tertiary alicyclic amines) is 1. The van der Waals surface area contributed by atoms with Crippen LogP contribution in [0.15, 0.2) is 24.3 Å². The Morgan fingerprint density at radius 1 is 1.15 bits per heavy atom. The fourth-order valence-electron chi connectivity index (χ4n) is 3.92. The Hall–Kier alpha value is -0.860. The molecule has 0 saturated carbocycles. The number of nitrogens with zero attached hydrogens (tertiary/aromatic N) is 1. The summed E-state index contributed by atoms with van der Waals surface area (Å²) >= 11 is 0. The maximum Gasteiger partial charge on any atom is 0.0476 e. The minimum Gasteiger partial charge on any atom is -0.311 e. The molecule has 0 spiro atoms. The summed E-state index contributed by atoms with van der Waals surface area (Å²) in [5, 5.41) is 3.60. The quantitative estimate of drug-likeness (QED) is 0.885. The number of benzene rings is 1. The van der Waals surface area contributed by atoms with Gasteiger partial charge in [0.15, 0.2) is 0 Å². The third kappa shape index (κ3) is 2.91. The zero-order valence-corrected chi connectivity index (χ0v) is 12.9. The van der Waals surface area contributed by atoms with Crippen LogP contribution in [0.4, 0.5) is 0 Å². The summed E-state index contributed by atoms with van der Waals surface area (Å²) in [6.07, 6.45) is 4.15. The van der Waals surface area contributed by atoms with Gasteiger partial charge in [0.1, 0.15) is 0 Å². The lowest BCUT2D eigenvalue weighted by Crippen LogP contribution is -2.40. The maximum atomic E-state index is 3.60. The molecule has 0 amide bonds. The van der Waals surface area contributed by atoms with Crippen LogP contribution in [0.3, 0.4) is 0 Å². The molecule has 2 nitrogen and oxygen atoms in total. The molecular weight excluding hydrogens is 244 g/mol. The van der Waals surface area contributed by atoms with Gasteiger partial charge in [0, 0.05) is 19.1 Å². The summed E-state index contributed by atoms with van der Waals surface area (Å²) < 4.78 is 0. The molecule has 2 unspecified atom stereocenters. The Balaban J connectivity index is 1.74. The topological polar surface area (TPSA) is 15.3 Å². The maximum absolute atomic E-state index is 3.60. The van der Waals surface area contributed by atoms with Crippen LogP contribution in [0.5, 0.6) is 0 Å². The largest absolute Gasteiger partial charge is 0.311 e. The summed E-state index contributed by atoms with van der Waals surface area (Å²) in [6, 6.07) is 9.58. The number of hydrogen-bond donors (Lipinski definition) is 1. The molecule has 1 aromatic carbocycles. The number of fused-ring (bicyclic) bond motifs is 1. The van der Waals surface area contributed by atoms with Crippen LogP contribution in [0.2, 0.25) is 0 Å². The van der Waals surface area contributed by atoms with Crippen LogP contribution in [0, 0.1) is 11.8 Å². The van der Waals surface area contributed by atoms with Crippen LogP contribution < -0.4 is 5.32 Å². The lowest BCUT2D eigenvalue weighted by atomic mass is 9.89. The summed E-state index contributed by atoms with van der Waals surface area (Å²) in [5.41, 5.74) is 3.06. The van der Waals surface area contributed by atoms with Gasteiger partial charge in [0.2, 0.25) is 0 Å². The zero-order valence-electron chi connectivity index (χ0n) is 12.9. The first kappa shape index (κ1) is 14.1. The average molecular weight is 272 g/mol. The minimum absolute atomic E-state index is 0.589. The van der Waals surface area contributed by atoms with Crippen molar-refractivity contribution in [1.82, 2.24) is 10.2 Å². The van der Waals surface area contributed by atoms with Gasteiger partial charge in [-0.15, -0.1) is 0 Å². The average Bonchev–Trinajstić information content (AvgIpc) is 2.72. The zero-order chi connectivity index (χ0) is 13.9. The smallest absolute Gasteiger partial charge is 0.0476 e. The van der Waals surface area contributed by atoms with E-state index < -0.39 is 0 Å². The van der Waals surface area contributed by atoms with Gasteiger partial charge in [-0.1, -0.05) is 38.1 Å². The third-order valence-corrected chi connectivity index (χ3v) is 5.26. The lowest BCUT2D eigenvalue weighted by molar-refractivity contribution is 0.187. The second-order valence-corrected chi connectivity index (χ2v) is 6.82. The van der Waals surface area contributed by atoms with E-state index in [1.54, 1.807) is 5.56 Å². The molecule has 3 rings (SSSR count). The van der Waals surface area contributed by atoms with Gasteiger partial charge in [-0.25, -0.2) is 0 Å². The van der Waals surface area contributed by atoms with Crippen molar-refractivity contribution in [3.8, 4) is 0 Å². The summed E-state index contributed by atoms with van der Waals surface area (Å²) in [6.45, 7) is 9.46. The first-order chi connectivity index (χ1) is 9.75. The molecule has 2 heteroatoms. The monoisotopic (exact) mass is 272 g/mol. The third-order valence-electron chi connectivity index (χ3n) is 5.26. The van der Waals surface area contributed by atoms with Crippen LogP contribution in [0.1, 0.15) is 50.3 Å². The van der Waals surface area contributed by atoms with Gasteiger partial charge < -0.3 is 5.32 Å². The highest BCUT2D eigenvalue weighted by atomic mass is 15.2. The van der Waals surface area contributed by atoms with E-state index in [0.29, 0.717) is 6.04 Å².